The zero-order valence-corrected chi connectivity index (χ0v) is 13.8. The van der Waals surface area contributed by atoms with Gasteiger partial charge >= 0.3 is 5.97 Å². The van der Waals surface area contributed by atoms with Crippen molar-refractivity contribution in [1.82, 2.24) is 9.97 Å². The van der Waals surface area contributed by atoms with E-state index >= 15 is 0 Å². The molecule has 0 amide bonds. The standard InChI is InChI=1S/C18H17N3O2S/c22-18(23)13(9-11-5-2-1-3-6-11)21-16-15-12-7-4-8-14(12)24-17(15)20-10-19-16/h1-3,5-6,10,13H,4,7-9H2,(H,22,23)(H,19,20,21). The largest absolute Gasteiger partial charge is 0.480 e. The Balaban J connectivity index is 1.68. The molecule has 0 aliphatic heterocycles. The Morgan fingerprint density at radius 3 is 2.88 bits per heavy atom. The molecule has 0 radical (unpaired) electrons. The van der Waals surface area contributed by atoms with E-state index in [1.54, 1.807) is 11.3 Å². The minimum absolute atomic E-state index is 0.411. The van der Waals surface area contributed by atoms with Crippen LogP contribution >= 0.6 is 11.3 Å². The van der Waals surface area contributed by atoms with E-state index in [4.69, 9.17) is 0 Å². The van der Waals surface area contributed by atoms with Crippen molar-refractivity contribution in [2.75, 3.05) is 5.32 Å². The summed E-state index contributed by atoms with van der Waals surface area (Å²) >= 11 is 1.70. The van der Waals surface area contributed by atoms with Gasteiger partial charge in [0.15, 0.2) is 0 Å². The highest BCUT2D eigenvalue weighted by atomic mass is 32.1. The average molecular weight is 339 g/mol. The first-order valence-electron chi connectivity index (χ1n) is 8.01. The first-order valence-corrected chi connectivity index (χ1v) is 8.82. The number of nitrogens with zero attached hydrogens (tertiary/aromatic N) is 2. The average Bonchev–Trinajstić information content (AvgIpc) is 3.16. The molecule has 0 saturated carbocycles. The van der Waals surface area contributed by atoms with E-state index in [0.29, 0.717) is 12.2 Å². The molecule has 1 unspecified atom stereocenters. The summed E-state index contributed by atoms with van der Waals surface area (Å²) in [5.41, 5.74) is 2.28. The van der Waals surface area contributed by atoms with Crippen LogP contribution in [0, 0.1) is 0 Å². The number of rotatable bonds is 5. The molecule has 0 spiro atoms. The predicted octanol–water partition coefficient (Wildman–Crippen LogP) is 3.29. The quantitative estimate of drug-likeness (QED) is 0.746. The van der Waals surface area contributed by atoms with Crippen LogP contribution in [0.4, 0.5) is 5.82 Å². The molecule has 4 rings (SSSR count). The Kier molecular flexibility index (Phi) is 3.90. The highest BCUT2D eigenvalue weighted by molar-refractivity contribution is 7.19. The maximum Gasteiger partial charge on any atom is 0.326 e. The van der Waals surface area contributed by atoms with Crippen molar-refractivity contribution >= 4 is 33.3 Å². The van der Waals surface area contributed by atoms with E-state index in [0.717, 1.165) is 35.0 Å². The van der Waals surface area contributed by atoms with E-state index in [-0.39, 0.29) is 0 Å². The normalized spacial score (nSPS) is 14.5. The molecule has 0 saturated heterocycles. The number of aromatic nitrogens is 2. The van der Waals surface area contributed by atoms with Crippen LogP contribution in [0.5, 0.6) is 0 Å². The SMILES string of the molecule is O=C(O)C(Cc1ccccc1)Nc1ncnc2sc3c(c12)CCC3. The van der Waals surface area contributed by atoms with E-state index < -0.39 is 12.0 Å². The van der Waals surface area contributed by atoms with Crippen molar-refractivity contribution in [2.45, 2.75) is 31.7 Å². The van der Waals surface area contributed by atoms with Gasteiger partial charge in [0.2, 0.25) is 0 Å². The van der Waals surface area contributed by atoms with Crippen LogP contribution < -0.4 is 5.32 Å². The lowest BCUT2D eigenvalue weighted by Gasteiger charge is -2.16. The maximum absolute atomic E-state index is 11.7. The van der Waals surface area contributed by atoms with E-state index in [1.807, 2.05) is 30.3 Å². The molecule has 24 heavy (non-hydrogen) atoms. The molecule has 6 heteroatoms. The highest BCUT2D eigenvalue weighted by Gasteiger charge is 2.24. The lowest BCUT2D eigenvalue weighted by atomic mass is 10.1. The van der Waals surface area contributed by atoms with Crippen LogP contribution in [0.1, 0.15) is 22.4 Å². The zero-order chi connectivity index (χ0) is 16.5. The second-order valence-corrected chi connectivity index (χ2v) is 7.07. The maximum atomic E-state index is 11.7. The molecule has 1 atom stereocenters. The van der Waals surface area contributed by atoms with E-state index in [1.165, 1.54) is 16.8 Å². The fraction of sp³-hybridized carbons (Fsp3) is 0.278. The van der Waals surface area contributed by atoms with Crippen molar-refractivity contribution in [3.05, 3.63) is 52.7 Å². The number of carboxylic acid groups (broad SMARTS) is 1. The molecule has 2 heterocycles. The van der Waals surface area contributed by atoms with Crippen LogP contribution in [-0.4, -0.2) is 27.1 Å². The smallest absolute Gasteiger partial charge is 0.326 e. The minimum Gasteiger partial charge on any atom is -0.480 e. The monoisotopic (exact) mass is 339 g/mol. The molecule has 5 nitrogen and oxygen atoms in total. The fourth-order valence-electron chi connectivity index (χ4n) is 3.25. The Morgan fingerprint density at radius 2 is 2.08 bits per heavy atom. The summed E-state index contributed by atoms with van der Waals surface area (Å²) in [6.07, 6.45) is 5.18. The van der Waals surface area contributed by atoms with Crippen LogP contribution in [0.25, 0.3) is 10.2 Å². The molecule has 3 aromatic rings. The minimum atomic E-state index is -0.877. The van der Waals surface area contributed by atoms with Gasteiger partial charge < -0.3 is 10.4 Å². The van der Waals surface area contributed by atoms with Crippen LogP contribution in [0.2, 0.25) is 0 Å². The second-order valence-electron chi connectivity index (χ2n) is 5.98. The van der Waals surface area contributed by atoms with Gasteiger partial charge in [-0.25, -0.2) is 14.8 Å². The topological polar surface area (TPSA) is 75.1 Å². The second kappa shape index (κ2) is 6.20. The number of hydrogen-bond donors (Lipinski definition) is 2. The van der Waals surface area contributed by atoms with Gasteiger partial charge in [0.1, 0.15) is 23.0 Å². The molecule has 1 aliphatic rings. The van der Waals surface area contributed by atoms with Gasteiger partial charge in [0, 0.05) is 11.3 Å². The number of nitrogens with one attached hydrogen (secondary N) is 1. The van der Waals surface area contributed by atoms with Crippen molar-refractivity contribution in [2.24, 2.45) is 0 Å². The molecule has 0 fully saturated rings. The molecule has 122 valence electrons. The summed E-state index contributed by atoms with van der Waals surface area (Å²) in [6.45, 7) is 0. The van der Waals surface area contributed by atoms with Gasteiger partial charge in [-0.15, -0.1) is 11.3 Å². The first-order chi connectivity index (χ1) is 11.7. The van der Waals surface area contributed by atoms with Gasteiger partial charge in [-0.3, -0.25) is 0 Å². The molecule has 1 aromatic carbocycles. The molecule has 2 aromatic heterocycles. The Labute approximate surface area is 143 Å². The van der Waals surface area contributed by atoms with Crippen LogP contribution in [0.15, 0.2) is 36.7 Å². The summed E-state index contributed by atoms with van der Waals surface area (Å²) in [4.78, 5) is 22.7. The van der Waals surface area contributed by atoms with Crippen molar-refractivity contribution in [3.8, 4) is 0 Å². The summed E-state index contributed by atoms with van der Waals surface area (Å²) in [6, 6.07) is 8.92. The van der Waals surface area contributed by atoms with Gasteiger partial charge in [-0.05, 0) is 30.4 Å². The third kappa shape index (κ3) is 2.73. The predicted molar refractivity (Wildman–Crippen MR) is 94.6 cm³/mol. The zero-order valence-electron chi connectivity index (χ0n) is 13.0. The first kappa shape index (κ1) is 15.1. The molecular weight excluding hydrogens is 322 g/mol. The molecular formula is C18H17N3O2S. The van der Waals surface area contributed by atoms with Gasteiger partial charge in [-0.1, -0.05) is 30.3 Å². The van der Waals surface area contributed by atoms with Crippen LogP contribution in [-0.2, 0) is 24.1 Å². The highest BCUT2D eigenvalue weighted by Crippen LogP contribution is 2.39. The van der Waals surface area contributed by atoms with Gasteiger partial charge in [0.05, 0.1) is 5.39 Å². The molecule has 0 bridgehead atoms. The Bertz CT molecular complexity index is 892. The fourth-order valence-corrected chi connectivity index (χ4v) is 4.48. The lowest BCUT2D eigenvalue weighted by molar-refractivity contribution is -0.137. The number of aryl methyl sites for hydroxylation is 2. The van der Waals surface area contributed by atoms with Crippen molar-refractivity contribution < 1.29 is 9.90 Å². The lowest BCUT2D eigenvalue weighted by Crippen LogP contribution is -2.32. The number of fused-ring (bicyclic) bond motifs is 3. The summed E-state index contributed by atoms with van der Waals surface area (Å²) in [7, 11) is 0. The van der Waals surface area contributed by atoms with Crippen molar-refractivity contribution in [3.63, 3.8) is 0 Å². The third-order valence-electron chi connectivity index (χ3n) is 4.39. The molecule has 1 aliphatic carbocycles. The number of anilines is 1. The number of hydrogen-bond acceptors (Lipinski definition) is 5. The third-order valence-corrected chi connectivity index (χ3v) is 5.59. The number of benzene rings is 1. The Hall–Kier alpha value is -2.47. The van der Waals surface area contributed by atoms with Gasteiger partial charge in [0.25, 0.3) is 0 Å². The summed E-state index contributed by atoms with van der Waals surface area (Å²) in [5.74, 6) is -0.236. The number of aliphatic carboxylic acids is 1. The number of thiophene rings is 1. The molecule has 2 N–H and O–H groups in total. The summed E-state index contributed by atoms with van der Waals surface area (Å²) < 4.78 is 0. The van der Waals surface area contributed by atoms with E-state index in [2.05, 4.69) is 15.3 Å². The van der Waals surface area contributed by atoms with Gasteiger partial charge in [-0.2, -0.15) is 0 Å². The van der Waals surface area contributed by atoms with E-state index in [9.17, 15) is 9.90 Å². The van der Waals surface area contributed by atoms with Crippen LogP contribution in [0.3, 0.4) is 0 Å². The number of carbonyl (C=O) groups is 1. The summed E-state index contributed by atoms with van der Waals surface area (Å²) in [5, 5.41) is 13.8. The van der Waals surface area contributed by atoms with Crippen molar-refractivity contribution in [1.29, 1.82) is 0 Å². The Morgan fingerprint density at radius 1 is 1.25 bits per heavy atom. The number of carboxylic acids is 1.